The molecule has 0 saturated carbocycles. The number of allylic oxidation sites excluding steroid dienone is 1. The summed E-state index contributed by atoms with van der Waals surface area (Å²) in [6.45, 7) is 6.57. The zero-order valence-corrected chi connectivity index (χ0v) is 8.33. The first-order chi connectivity index (χ1) is 6.09. The fourth-order valence-corrected chi connectivity index (χ4v) is 1.71. The zero-order chi connectivity index (χ0) is 9.47. The number of rotatable bonds is 0. The van der Waals surface area contributed by atoms with Crippen LogP contribution in [0.4, 0.5) is 0 Å². The van der Waals surface area contributed by atoms with Crippen molar-refractivity contribution in [1.82, 2.24) is 9.97 Å². The first kappa shape index (κ1) is 8.42. The summed E-state index contributed by atoms with van der Waals surface area (Å²) in [6, 6.07) is 0. The summed E-state index contributed by atoms with van der Waals surface area (Å²) in [5.74, 6) is 0. The van der Waals surface area contributed by atoms with Crippen molar-refractivity contribution in [1.29, 1.82) is 0 Å². The molecule has 0 bridgehead atoms. The molecule has 13 heavy (non-hydrogen) atoms. The molecule has 0 aliphatic heterocycles. The SMILES string of the molecule is CC(C)(C)c1ncnc2c1CC=C2. The van der Waals surface area contributed by atoms with Gasteiger partial charge in [0.2, 0.25) is 0 Å². The minimum atomic E-state index is 0.124. The lowest BCUT2D eigenvalue weighted by atomic mass is 9.88. The van der Waals surface area contributed by atoms with Crippen LogP contribution >= 0.6 is 0 Å². The molecule has 1 aliphatic carbocycles. The monoisotopic (exact) mass is 174 g/mol. The van der Waals surface area contributed by atoms with Crippen LogP contribution in [0.15, 0.2) is 12.4 Å². The maximum Gasteiger partial charge on any atom is 0.116 e. The van der Waals surface area contributed by atoms with E-state index >= 15 is 0 Å². The van der Waals surface area contributed by atoms with E-state index in [0.717, 1.165) is 12.1 Å². The molecule has 1 aliphatic rings. The van der Waals surface area contributed by atoms with Crippen LogP contribution in [0.25, 0.3) is 6.08 Å². The van der Waals surface area contributed by atoms with Crippen molar-refractivity contribution < 1.29 is 0 Å². The van der Waals surface area contributed by atoms with Gasteiger partial charge in [-0.05, 0) is 12.5 Å². The molecule has 68 valence electrons. The largest absolute Gasteiger partial charge is 0.240 e. The molecule has 1 aromatic heterocycles. The average Bonchev–Trinajstić information content (AvgIpc) is 2.48. The Labute approximate surface area is 78.7 Å². The summed E-state index contributed by atoms with van der Waals surface area (Å²) in [4.78, 5) is 8.61. The Kier molecular flexibility index (Phi) is 1.72. The normalized spacial score (nSPS) is 14.7. The van der Waals surface area contributed by atoms with Gasteiger partial charge >= 0.3 is 0 Å². The highest BCUT2D eigenvalue weighted by Gasteiger charge is 2.22. The van der Waals surface area contributed by atoms with Crippen molar-refractivity contribution in [2.75, 3.05) is 0 Å². The molecule has 0 fully saturated rings. The number of hydrogen-bond acceptors (Lipinski definition) is 2. The van der Waals surface area contributed by atoms with Crippen molar-refractivity contribution in [2.24, 2.45) is 0 Å². The van der Waals surface area contributed by atoms with Crippen LogP contribution in [0.2, 0.25) is 0 Å². The highest BCUT2D eigenvalue weighted by Crippen LogP contribution is 2.28. The standard InChI is InChI=1S/C11H14N2/c1-11(2,3)10-8-5-4-6-9(8)12-7-13-10/h4,6-7H,5H2,1-3H3. The predicted octanol–water partition coefficient (Wildman–Crippen LogP) is 2.34. The van der Waals surface area contributed by atoms with Crippen LogP contribution in [0, 0.1) is 0 Å². The van der Waals surface area contributed by atoms with E-state index in [4.69, 9.17) is 0 Å². The van der Waals surface area contributed by atoms with E-state index in [9.17, 15) is 0 Å². The van der Waals surface area contributed by atoms with E-state index < -0.39 is 0 Å². The number of fused-ring (bicyclic) bond motifs is 1. The van der Waals surface area contributed by atoms with Crippen molar-refractivity contribution >= 4 is 6.08 Å². The minimum absolute atomic E-state index is 0.124. The Morgan fingerprint density at radius 2 is 2.00 bits per heavy atom. The molecule has 1 heterocycles. The average molecular weight is 174 g/mol. The number of nitrogens with zero attached hydrogens (tertiary/aromatic N) is 2. The third-order valence-electron chi connectivity index (χ3n) is 2.29. The molecule has 0 spiro atoms. The molecule has 2 heteroatoms. The van der Waals surface area contributed by atoms with Gasteiger partial charge in [0.05, 0.1) is 11.4 Å². The van der Waals surface area contributed by atoms with Gasteiger partial charge < -0.3 is 0 Å². The van der Waals surface area contributed by atoms with Gasteiger partial charge in [0, 0.05) is 11.0 Å². The molecular weight excluding hydrogens is 160 g/mol. The summed E-state index contributed by atoms with van der Waals surface area (Å²) in [5.41, 5.74) is 3.71. The lowest BCUT2D eigenvalue weighted by molar-refractivity contribution is 0.560. The fourth-order valence-electron chi connectivity index (χ4n) is 1.71. The van der Waals surface area contributed by atoms with Crippen LogP contribution in [0.1, 0.15) is 37.7 Å². The van der Waals surface area contributed by atoms with Gasteiger partial charge in [-0.1, -0.05) is 26.8 Å². The topological polar surface area (TPSA) is 25.8 Å². The molecule has 2 rings (SSSR count). The summed E-state index contributed by atoms with van der Waals surface area (Å²) in [5, 5.41) is 0. The molecule has 0 aromatic carbocycles. The van der Waals surface area contributed by atoms with Gasteiger partial charge in [-0.2, -0.15) is 0 Å². The second-order valence-electron chi connectivity index (χ2n) is 4.44. The Hall–Kier alpha value is -1.18. The minimum Gasteiger partial charge on any atom is -0.240 e. The van der Waals surface area contributed by atoms with Crippen LogP contribution in [-0.2, 0) is 11.8 Å². The van der Waals surface area contributed by atoms with E-state index in [2.05, 4.69) is 42.9 Å². The molecule has 0 saturated heterocycles. The highest BCUT2D eigenvalue weighted by atomic mass is 14.9. The Morgan fingerprint density at radius 1 is 1.23 bits per heavy atom. The second kappa shape index (κ2) is 2.66. The van der Waals surface area contributed by atoms with Gasteiger partial charge in [-0.15, -0.1) is 0 Å². The van der Waals surface area contributed by atoms with Crippen molar-refractivity contribution in [3.8, 4) is 0 Å². The van der Waals surface area contributed by atoms with Gasteiger partial charge in [0.1, 0.15) is 6.33 Å². The molecular formula is C11H14N2. The fraction of sp³-hybridized carbons (Fsp3) is 0.455. The molecule has 0 N–H and O–H groups in total. The maximum atomic E-state index is 4.37. The number of hydrogen-bond donors (Lipinski definition) is 0. The number of aromatic nitrogens is 2. The van der Waals surface area contributed by atoms with Crippen LogP contribution < -0.4 is 0 Å². The quantitative estimate of drug-likeness (QED) is 0.603. The summed E-state index contributed by atoms with van der Waals surface area (Å²) in [7, 11) is 0. The molecule has 1 aromatic rings. The van der Waals surface area contributed by atoms with Crippen LogP contribution in [0.5, 0.6) is 0 Å². The second-order valence-corrected chi connectivity index (χ2v) is 4.44. The highest BCUT2D eigenvalue weighted by molar-refractivity contribution is 5.57. The first-order valence-corrected chi connectivity index (χ1v) is 4.60. The lowest BCUT2D eigenvalue weighted by Gasteiger charge is -2.20. The predicted molar refractivity (Wildman–Crippen MR) is 53.5 cm³/mol. The van der Waals surface area contributed by atoms with Crippen molar-refractivity contribution in [3.63, 3.8) is 0 Å². The summed E-state index contributed by atoms with van der Waals surface area (Å²) in [6.07, 6.45) is 6.87. The van der Waals surface area contributed by atoms with Crippen LogP contribution in [0.3, 0.4) is 0 Å². The third kappa shape index (κ3) is 1.37. The van der Waals surface area contributed by atoms with E-state index in [1.54, 1.807) is 6.33 Å². The van der Waals surface area contributed by atoms with E-state index in [1.807, 2.05) is 0 Å². The Balaban J connectivity index is 2.57. The van der Waals surface area contributed by atoms with Gasteiger partial charge in [-0.25, -0.2) is 9.97 Å². The smallest absolute Gasteiger partial charge is 0.116 e. The molecule has 0 amide bonds. The summed E-state index contributed by atoms with van der Waals surface area (Å²) >= 11 is 0. The van der Waals surface area contributed by atoms with Crippen molar-refractivity contribution in [3.05, 3.63) is 29.4 Å². The van der Waals surface area contributed by atoms with Gasteiger partial charge in [-0.3, -0.25) is 0 Å². The Morgan fingerprint density at radius 3 is 2.69 bits per heavy atom. The molecule has 2 nitrogen and oxygen atoms in total. The van der Waals surface area contributed by atoms with Crippen molar-refractivity contribution in [2.45, 2.75) is 32.6 Å². The molecule has 0 atom stereocenters. The summed E-state index contributed by atoms with van der Waals surface area (Å²) < 4.78 is 0. The lowest BCUT2D eigenvalue weighted by Crippen LogP contribution is -2.17. The zero-order valence-electron chi connectivity index (χ0n) is 8.33. The van der Waals surface area contributed by atoms with Crippen LogP contribution in [-0.4, -0.2) is 9.97 Å². The first-order valence-electron chi connectivity index (χ1n) is 4.60. The Bertz CT molecular complexity index is 359. The van der Waals surface area contributed by atoms with Gasteiger partial charge in [0.25, 0.3) is 0 Å². The van der Waals surface area contributed by atoms with E-state index in [0.29, 0.717) is 0 Å². The van der Waals surface area contributed by atoms with Gasteiger partial charge in [0.15, 0.2) is 0 Å². The third-order valence-corrected chi connectivity index (χ3v) is 2.29. The maximum absolute atomic E-state index is 4.37. The van der Waals surface area contributed by atoms with E-state index in [1.165, 1.54) is 11.3 Å². The molecule has 0 unspecified atom stereocenters. The molecule has 0 radical (unpaired) electrons. The van der Waals surface area contributed by atoms with E-state index in [-0.39, 0.29) is 5.41 Å².